The van der Waals surface area contributed by atoms with Crippen molar-refractivity contribution in [1.82, 2.24) is 5.32 Å². The van der Waals surface area contributed by atoms with Gasteiger partial charge in [0.15, 0.2) is 0 Å². The summed E-state index contributed by atoms with van der Waals surface area (Å²) in [5.74, 6) is 0. The number of hydrogen-bond donors (Lipinski definition) is 1. The van der Waals surface area contributed by atoms with Crippen molar-refractivity contribution in [2.75, 3.05) is 11.4 Å². The topological polar surface area (TPSA) is 15.3 Å². The van der Waals surface area contributed by atoms with Gasteiger partial charge in [-0.25, -0.2) is 0 Å². The van der Waals surface area contributed by atoms with Crippen molar-refractivity contribution in [3.63, 3.8) is 0 Å². The first-order chi connectivity index (χ1) is 9.34. The monoisotopic (exact) mass is 258 g/mol. The van der Waals surface area contributed by atoms with Crippen LogP contribution in [0.4, 0.5) is 5.69 Å². The van der Waals surface area contributed by atoms with E-state index in [1.807, 2.05) is 0 Å². The van der Waals surface area contributed by atoms with Crippen molar-refractivity contribution in [3.05, 3.63) is 29.8 Å². The van der Waals surface area contributed by atoms with Gasteiger partial charge in [0.2, 0.25) is 0 Å². The van der Waals surface area contributed by atoms with Crippen LogP contribution < -0.4 is 10.2 Å². The standard InChI is InChI=1S/C17H26N2/c1-14-7-3-2-6-12-19(14)17-9-5-4-8-15(17)13-18-16-10-11-16/h4-5,8-9,14,16,18H,2-3,6-7,10-13H2,1H3. The summed E-state index contributed by atoms with van der Waals surface area (Å²) in [4.78, 5) is 2.64. The fourth-order valence-electron chi connectivity index (χ4n) is 3.12. The molecule has 1 unspecified atom stereocenters. The molecule has 1 saturated carbocycles. The molecule has 1 atom stereocenters. The van der Waals surface area contributed by atoms with E-state index in [2.05, 4.69) is 41.4 Å². The molecule has 19 heavy (non-hydrogen) atoms. The highest BCUT2D eigenvalue weighted by Gasteiger charge is 2.22. The first kappa shape index (κ1) is 13.0. The fourth-order valence-corrected chi connectivity index (χ4v) is 3.12. The number of nitrogens with zero attached hydrogens (tertiary/aromatic N) is 1. The van der Waals surface area contributed by atoms with Gasteiger partial charge in [0, 0.05) is 30.9 Å². The van der Waals surface area contributed by atoms with Gasteiger partial charge in [-0.2, -0.15) is 0 Å². The van der Waals surface area contributed by atoms with Crippen LogP contribution in [0.5, 0.6) is 0 Å². The number of hydrogen-bond acceptors (Lipinski definition) is 2. The molecule has 1 aliphatic carbocycles. The minimum absolute atomic E-state index is 0.685. The average molecular weight is 258 g/mol. The molecular weight excluding hydrogens is 232 g/mol. The Morgan fingerprint density at radius 1 is 1.11 bits per heavy atom. The van der Waals surface area contributed by atoms with Crippen molar-refractivity contribution in [1.29, 1.82) is 0 Å². The quantitative estimate of drug-likeness (QED) is 0.885. The summed E-state index contributed by atoms with van der Waals surface area (Å²) in [7, 11) is 0. The van der Waals surface area contributed by atoms with E-state index in [1.165, 1.54) is 56.3 Å². The molecule has 104 valence electrons. The van der Waals surface area contributed by atoms with E-state index >= 15 is 0 Å². The summed E-state index contributed by atoms with van der Waals surface area (Å²) in [5.41, 5.74) is 2.94. The Kier molecular flexibility index (Phi) is 4.07. The summed E-state index contributed by atoms with van der Waals surface area (Å²) >= 11 is 0. The number of nitrogens with one attached hydrogen (secondary N) is 1. The van der Waals surface area contributed by atoms with Crippen molar-refractivity contribution in [3.8, 4) is 0 Å². The maximum Gasteiger partial charge on any atom is 0.0414 e. The van der Waals surface area contributed by atoms with Gasteiger partial charge in [-0.3, -0.25) is 0 Å². The third-order valence-electron chi connectivity index (χ3n) is 4.51. The Bertz CT molecular complexity index is 411. The second-order valence-electron chi connectivity index (χ2n) is 6.18. The van der Waals surface area contributed by atoms with Crippen molar-refractivity contribution >= 4 is 5.69 Å². The van der Waals surface area contributed by atoms with Gasteiger partial charge in [0.1, 0.15) is 0 Å². The Morgan fingerprint density at radius 2 is 1.95 bits per heavy atom. The van der Waals surface area contributed by atoms with Crippen molar-refractivity contribution in [2.24, 2.45) is 0 Å². The lowest BCUT2D eigenvalue weighted by atomic mass is 10.1. The zero-order valence-electron chi connectivity index (χ0n) is 12.1. The number of rotatable bonds is 4. The van der Waals surface area contributed by atoms with Crippen molar-refractivity contribution in [2.45, 2.75) is 64.1 Å². The second-order valence-corrected chi connectivity index (χ2v) is 6.18. The van der Waals surface area contributed by atoms with Crippen LogP contribution in [0.3, 0.4) is 0 Å². The molecule has 0 spiro atoms. The van der Waals surface area contributed by atoms with Crippen LogP contribution in [0, 0.1) is 0 Å². The molecule has 2 fully saturated rings. The minimum atomic E-state index is 0.685. The zero-order valence-corrected chi connectivity index (χ0v) is 12.1. The van der Waals surface area contributed by atoms with Crippen LogP contribution in [0.15, 0.2) is 24.3 Å². The summed E-state index contributed by atoms with van der Waals surface area (Å²) in [6.45, 7) is 4.64. The third-order valence-corrected chi connectivity index (χ3v) is 4.51. The predicted octanol–water partition coefficient (Wildman–Crippen LogP) is 3.71. The molecule has 1 N–H and O–H groups in total. The molecule has 2 aliphatic rings. The Labute approximate surface area is 117 Å². The number of anilines is 1. The molecule has 0 radical (unpaired) electrons. The Balaban J connectivity index is 1.76. The van der Waals surface area contributed by atoms with Gasteiger partial charge in [0.25, 0.3) is 0 Å². The molecule has 1 aromatic carbocycles. The molecule has 1 saturated heterocycles. The summed E-state index contributed by atoms with van der Waals surface area (Å²) in [5, 5.41) is 3.66. The van der Waals surface area contributed by atoms with Crippen LogP contribution in [-0.2, 0) is 6.54 Å². The van der Waals surface area contributed by atoms with Crippen LogP contribution in [0.25, 0.3) is 0 Å². The smallest absolute Gasteiger partial charge is 0.0414 e. The maximum absolute atomic E-state index is 3.66. The normalized spacial score (nSPS) is 24.3. The van der Waals surface area contributed by atoms with Gasteiger partial charge in [-0.15, -0.1) is 0 Å². The van der Waals surface area contributed by atoms with E-state index in [4.69, 9.17) is 0 Å². The molecule has 1 heterocycles. The van der Waals surface area contributed by atoms with E-state index in [0.29, 0.717) is 6.04 Å². The largest absolute Gasteiger partial charge is 0.369 e. The zero-order chi connectivity index (χ0) is 13.1. The molecule has 2 nitrogen and oxygen atoms in total. The van der Waals surface area contributed by atoms with E-state index in [0.717, 1.165) is 12.6 Å². The SMILES string of the molecule is CC1CCCCCN1c1ccccc1CNC1CC1. The van der Waals surface area contributed by atoms with Crippen molar-refractivity contribution < 1.29 is 0 Å². The van der Waals surface area contributed by atoms with E-state index in [-0.39, 0.29) is 0 Å². The van der Waals surface area contributed by atoms with Gasteiger partial charge >= 0.3 is 0 Å². The van der Waals surface area contributed by atoms with Crippen LogP contribution in [0.1, 0.15) is 51.0 Å². The van der Waals surface area contributed by atoms with Crippen LogP contribution in [0.2, 0.25) is 0 Å². The highest BCUT2D eigenvalue weighted by atomic mass is 15.2. The fraction of sp³-hybridized carbons (Fsp3) is 0.647. The summed E-state index contributed by atoms with van der Waals surface area (Å²) < 4.78 is 0. The maximum atomic E-state index is 3.66. The molecule has 2 heteroatoms. The lowest BCUT2D eigenvalue weighted by Crippen LogP contribution is -2.33. The number of para-hydroxylation sites is 1. The molecule has 0 amide bonds. The van der Waals surface area contributed by atoms with E-state index < -0.39 is 0 Å². The minimum Gasteiger partial charge on any atom is -0.369 e. The van der Waals surface area contributed by atoms with Gasteiger partial charge in [0.05, 0.1) is 0 Å². The first-order valence-electron chi connectivity index (χ1n) is 7.92. The highest BCUT2D eigenvalue weighted by molar-refractivity contribution is 5.54. The summed E-state index contributed by atoms with van der Waals surface area (Å²) in [6.07, 6.45) is 8.19. The highest BCUT2D eigenvalue weighted by Crippen LogP contribution is 2.28. The van der Waals surface area contributed by atoms with E-state index in [1.54, 1.807) is 0 Å². The van der Waals surface area contributed by atoms with Gasteiger partial charge < -0.3 is 10.2 Å². The molecule has 3 rings (SSSR count). The average Bonchev–Trinajstić information content (AvgIpc) is 3.25. The van der Waals surface area contributed by atoms with Crippen LogP contribution in [-0.4, -0.2) is 18.6 Å². The molecule has 0 bridgehead atoms. The Hall–Kier alpha value is -1.02. The first-order valence-corrected chi connectivity index (χ1v) is 7.92. The molecule has 1 aromatic rings. The third kappa shape index (κ3) is 3.30. The lowest BCUT2D eigenvalue weighted by molar-refractivity contribution is 0.610. The predicted molar refractivity (Wildman–Crippen MR) is 81.6 cm³/mol. The van der Waals surface area contributed by atoms with E-state index in [9.17, 15) is 0 Å². The lowest BCUT2D eigenvalue weighted by Gasteiger charge is -2.31. The van der Waals surface area contributed by atoms with Gasteiger partial charge in [-0.05, 0) is 44.2 Å². The van der Waals surface area contributed by atoms with Gasteiger partial charge in [-0.1, -0.05) is 31.0 Å². The Morgan fingerprint density at radius 3 is 2.79 bits per heavy atom. The molecule has 0 aromatic heterocycles. The molecule has 1 aliphatic heterocycles. The molecular formula is C17H26N2. The summed E-state index contributed by atoms with van der Waals surface area (Å²) in [6, 6.07) is 10.4. The second kappa shape index (κ2) is 5.96. The van der Waals surface area contributed by atoms with Crippen LogP contribution >= 0.6 is 0 Å². The number of benzene rings is 1.